The molecule has 2 aromatic heterocycles. The molecular formula is C8H13FN6O. The Morgan fingerprint density at radius 1 is 1.50 bits per heavy atom. The van der Waals surface area contributed by atoms with Crippen LogP contribution >= 0.6 is 0 Å². The van der Waals surface area contributed by atoms with Gasteiger partial charge in [-0.15, -0.1) is 5.10 Å². The molecule has 2 rings (SSSR count). The summed E-state index contributed by atoms with van der Waals surface area (Å²) in [5.74, 6) is 0. The van der Waals surface area contributed by atoms with E-state index in [1.807, 2.05) is 13.8 Å². The topological polar surface area (TPSA) is 91.1 Å². The number of halogens is 1. The van der Waals surface area contributed by atoms with E-state index >= 15 is 0 Å². The summed E-state index contributed by atoms with van der Waals surface area (Å²) >= 11 is 0. The van der Waals surface area contributed by atoms with Crippen LogP contribution in [0.5, 0.6) is 0 Å². The van der Waals surface area contributed by atoms with Crippen LogP contribution in [0.4, 0.5) is 4.39 Å². The normalized spacial score (nSPS) is 10.0. The van der Waals surface area contributed by atoms with Crippen molar-refractivity contribution >= 4 is 5.65 Å². The second-order valence-electron chi connectivity index (χ2n) is 2.58. The number of aromatic nitrogens is 5. The van der Waals surface area contributed by atoms with Crippen molar-refractivity contribution in [3.63, 3.8) is 0 Å². The number of hydrogen-bond acceptors (Lipinski definition) is 5. The number of rotatable bonds is 2. The number of nitrogens with zero attached hydrogens (tertiary/aromatic N) is 5. The van der Waals surface area contributed by atoms with E-state index in [-0.39, 0.29) is 12.2 Å². The Kier molecular flexibility index (Phi) is 4.06. The lowest BCUT2D eigenvalue weighted by atomic mass is 10.5. The fourth-order valence-electron chi connectivity index (χ4n) is 1.10. The van der Waals surface area contributed by atoms with Crippen LogP contribution in [-0.4, -0.2) is 24.4 Å². The van der Waals surface area contributed by atoms with Gasteiger partial charge in [0.1, 0.15) is 12.0 Å². The van der Waals surface area contributed by atoms with Crippen LogP contribution < -0.4 is 11.4 Å². The standard InChI is InChI=1S/C6H7FN6O.C2H6/c7-2-13-6(14)12-3-9-4(1-8)5(12)10-11-13;1-2/h3H,1-2,8H2;1-2H3. The van der Waals surface area contributed by atoms with E-state index in [0.29, 0.717) is 10.4 Å². The molecule has 0 saturated carbocycles. The van der Waals surface area contributed by atoms with Crippen molar-refractivity contribution in [2.45, 2.75) is 27.2 Å². The van der Waals surface area contributed by atoms with E-state index in [0.717, 1.165) is 4.40 Å². The van der Waals surface area contributed by atoms with Crippen LogP contribution in [-0.2, 0) is 13.3 Å². The monoisotopic (exact) mass is 228 g/mol. The molecular weight excluding hydrogens is 215 g/mol. The average Bonchev–Trinajstić information content (AvgIpc) is 2.76. The summed E-state index contributed by atoms with van der Waals surface area (Å²) in [5, 5.41) is 7.01. The van der Waals surface area contributed by atoms with E-state index < -0.39 is 12.5 Å². The fraction of sp³-hybridized carbons (Fsp3) is 0.500. The van der Waals surface area contributed by atoms with Crippen LogP contribution in [0, 0.1) is 0 Å². The number of imidazole rings is 1. The highest BCUT2D eigenvalue weighted by Crippen LogP contribution is 2.00. The Morgan fingerprint density at radius 3 is 2.75 bits per heavy atom. The second kappa shape index (κ2) is 5.31. The highest BCUT2D eigenvalue weighted by Gasteiger charge is 2.09. The van der Waals surface area contributed by atoms with Gasteiger partial charge in [0.15, 0.2) is 12.4 Å². The lowest BCUT2D eigenvalue weighted by molar-refractivity contribution is 0.320. The number of nitrogens with two attached hydrogens (primary N) is 1. The zero-order chi connectivity index (χ0) is 12.1. The lowest BCUT2D eigenvalue weighted by Gasteiger charge is -1.97. The molecule has 0 amide bonds. The Bertz CT molecular complexity index is 519. The van der Waals surface area contributed by atoms with Crippen molar-refractivity contribution in [3.8, 4) is 0 Å². The van der Waals surface area contributed by atoms with Gasteiger partial charge >= 0.3 is 5.69 Å². The Balaban J connectivity index is 0.000000606. The molecule has 2 heterocycles. The molecule has 0 spiro atoms. The van der Waals surface area contributed by atoms with Gasteiger partial charge in [0.05, 0.1) is 0 Å². The molecule has 88 valence electrons. The Labute approximate surface area is 90.7 Å². The van der Waals surface area contributed by atoms with Crippen molar-refractivity contribution in [1.29, 1.82) is 0 Å². The zero-order valence-electron chi connectivity index (χ0n) is 9.09. The quantitative estimate of drug-likeness (QED) is 0.761. The van der Waals surface area contributed by atoms with E-state index in [1.165, 1.54) is 6.33 Å². The van der Waals surface area contributed by atoms with Crippen molar-refractivity contribution < 1.29 is 4.39 Å². The number of alkyl halides is 1. The van der Waals surface area contributed by atoms with Crippen molar-refractivity contribution in [2.75, 3.05) is 0 Å². The molecule has 0 fully saturated rings. The Hall–Kier alpha value is -1.83. The minimum atomic E-state index is -1.02. The maximum atomic E-state index is 12.2. The molecule has 0 aliphatic carbocycles. The molecule has 0 aliphatic rings. The van der Waals surface area contributed by atoms with Gasteiger partial charge in [-0.1, -0.05) is 19.1 Å². The van der Waals surface area contributed by atoms with Crippen LogP contribution in [0.3, 0.4) is 0 Å². The highest BCUT2D eigenvalue weighted by molar-refractivity contribution is 5.41. The summed E-state index contributed by atoms with van der Waals surface area (Å²) in [6, 6.07) is 0. The van der Waals surface area contributed by atoms with Gasteiger partial charge in [0.2, 0.25) is 0 Å². The SMILES string of the molecule is CC.NCc1ncn2c(=O)n(CF)nnc12. The third-order valence-electron chi connectivity index (χ3n) is 1.80. The van der Waals surface area contributed by atoms with E-state index in [2.05, 4.69) is 15.3 Å². The summed E-state index contributed by atoms with van der Waals surface area (Å²) < 4.78 is 13.9. The first-order valence-corrected chi connectivity index (χ1v) is 4.83. The lowest BCUT2D eigenvalue weighted by Crippen LogP contribution is -2.28. The van der Waals surface area contributed by atoms with Crippen LogP contribution in [0.25, 0.3) is 5.65 Å². The van der Waals surface area contributed by atoms with Crippen LogP contribution in [0.15, 0.2) is 11.1 Å². The minimum absolute atomic E-state index is 0.157. The largest absolute Gasteiger partial charge is 0.355 e. The molecule has 0 aromatic carbocycles. The molecule has 0 saturated heterocycles. The van der Waals surface area contributed by atoms with E-state index in [4.69, 9.17) is 5.73 Å². The van der Waals surface area contributed by atoms with Gasteiger partial charge in [-0.3, -0.25) is 0 Å². The van der Waals surface area contributed by atoms with Gasteiger partial charge in [0, 0.05) is 6.54 Å². The van der Waals surface area contributed by atoms with Gasteiger partial charge in [-0.25, -0.2) is 18.6 Å². The molecule has 2 N–H and O–H groups in total. The van der Waals surface area contributed by atoms with Crippen LogP contribution in [0.2, 0.25) is 0 Å². The molecule has 2 aromatic rings. The predicted octanol–water partition coefficient (Wildman–Crippen LogP) is -0.302. The first-order chi connectivity index (χ1) is 7.77. The van der Waals surface area contributed by atoms with Crippen molar-refractivity contribution in [1.82, 2.24) is 24.4 Å². The fourth-order valence-corrected chi connectivity index (χ4v) is 1.10. The van der Waals surface area contributed by atoms with Crippen molar-refractivity contribution in [2.24, 2.45) is 5.73 Å². The third kappa shape index (κ3) is 1.91. The van der Waals surface area contributed by atoms with E-state index in [9.17, 15) is 9.18 Å². The summed E-state index contributed by atoms with van der Waals surface area (Å²) in [4.78, 5) is 15.2. The minimum Gasteiger partial charge on any atom is -0.325 e. The molecule has 0 unspecified atom stereocenters. The average molecular weight is 228 g/mol. The highest BCUT2D eigenvalue weighted by atomic mass is 19.1. The maximum absolute atomic E-state index is 12.2. The molecule has 0 radical (unpaired) electrons. The van der Waals surface area contributed by atoms with Gasteiger partial charge in [-0.2, -0.15) is 4.68 Å². The molecule has 0 atom stereocenters. The zero-order valence-corrected chi connectivity index (χ0v) is 9.09. The van der Waals surface area contributed by atoms with Gasteiger partial charge in [0.25, 0.3) is 0 Å². The predicted molar refractivity (Wildman–Crippen MR) is 55.4 cm³/mol. The third-order valence-corrected chi connectivity index (χ3v) is 1.80. The molecule has 16 heavy (non-hydrogen) atoms. The maximum Gasteiger partial charge on any atom is 0.355 e. The summed E-state index contributed by atoms with van der Waals surface area (Å²) in [6.45, 7) is 3.14. The van der Waals surface area contributed by atoms with Crippen LogP contribution in [0.1, 0.15) is 19.5 Å². The number of fused-ring (bicyclic) bond motifs is 1. The molecule has 7 nitrogen and oxygen atoms in total. The van der Waals surface area contributed by atoms with Crippen molar-refractivity contribution in [3.05, 3.63) is 22.5 Å². The Morgan fingerprint density at radius 2 is 2.19 bits per heavy atom. The first-order valence-electron chi connectivity index (χ1n) is 4.83. The van der Waals surface area contributed by atoms with Gasteiger partial charge < -0.3 is 5.73 Å². The second-order valence-corrected chi connectivity index (χ2v) is 2.58. The first kappa shape index (κ1) is 12.2. The van der Waals surface area contributed by atoms with E-state index in [1.54, 1.807) is 0 Å². The summed E-state index contributed by atoms with van der Waals surface area (Å²) in [5.41, 5.74) is 5.46. The summed E-state index contributed by atoms with van der Waals surface area (Å²) in [6.07, 6.45) is 1.25. The molecule has 8 heteroatoms. The molecule has 0 bridgehead atoms. The summed E-state index contributed by atoms with van der Waals surface area (Å²) in [7, 11) is 0. The van der Waals surface area contributed by atoms with Gasteiger partial charge in [-0.05, 0) is 0 Å². The molecule has 0 aliphatic heterocycles. The smallest absolute Gasteiger partial charge is 0.325 e. The number of hydrogen-bond donors (Lipinski definition) is 1.